The molecule has 2 rings (SSSR count). The molecule has 0 bridgehead atoms. The summed E-state index contributed by atoms with van der Waals surface area (Å²) in [7, 11) is 0. The van der Waals surface area contributed by atoms with Crippen molar-refractivity contribution >= 4 is 11.6 Å². The largest absolute Gasteiger partial charge is 0.490 e. The van der Waals surface area contributed by atoms with E-state index >= 15 is 0 Å². The minimum absolute atomic E-state index is 0.344. The Balaban J connectivity index is 2.47. The van der Waals surface area contributed by atoms with Gasteiger partial charge in [-0.3, -0.25) is 4.40 Å². The molecule has 0 saturated heterocycles. The van der Waals surface area contributed by atoms with Gasteiger partial charge in [0.2, 0.25) is 0 Å². The molecule has 0 fully saturated rings. The van der Waals surface area contributed by atoms with Gasteiger partial charge in [0.15, 0.2) is 17.1 Å². The predicted molar refractivity (Wildman–Crippen MR) is 62.3 cm³/mol. The van der Waals surface area contributed by atoms with Crippen molar-refractivity contribution in [1.29, 1.82) is 0 Å². The summed E-state index contributed by atoms with van der Waals surface area (Å²) in [6.45, 7) is 4.57. The fourth-order valence-corrected chi connectivity index (χ4v) is 1.61. The number of hydrogen-bond donors (Lipinski definition) is 0. The molecular formula is C12H14N2O3. The average molecular weight is 234 g/mol. The van der Waals surface area contributed by atoms with Gasteiger partial charge in [0.05, 0.1) is 19.4 Å². The number of rotatable bonds is 4. The normalized spacial score (nSPS) is 10.5. The Morgan fingerprint density at radius 1 is 1.41 bits per heavy atom. The number of carbonyl (C=O) groups is 1. The van der Waals surface area contributed by atoms with Crippen molar-refractivity contribution in [2.75, 3.05) is 13.2 Å². The Bertz CT molecular complexity index is 534. The van der Waals surface area contributed by atoms with Crippen molar-refractivity contribution in [2.24, 2.45) is 0 Å². The topological polar surface area (TPSA) is 52.8 Å². The number of pyridine rings is 1. The molecule has 0 N–H and O–H groups in total. The van der Waals surface area contributed by atoms with E-state index in [1.165, 1.54) is 6.20 Å². The highest BCUT2D eigenvalue weighted by Crippen LogP contribution is 2.19. The highest BCUT2D eigenvalue weighted by Gasteiger charge is 2.14. The van der Waals surface area contributed by atoms with E-state index in [0.717, 1.165) is 0 Å². The van der Waals surface area contributed by atoms with E-state index in [4.69, 9.17) is 9.47 Å². The maximum atomic E-state index is 11.7. The van der Waals surface area contributed by atoms with E-state index < -0.39 is 0 Å². The van der Waals surface area contributed by atoms with Crippen LogP contribution in [0.1, 0.15) is 24.3 Å². The first-order valence-corrected chi connectivity index (χ1v) is 5.54. The lowest BCUT2D eigenvalue weighted by Crippen LogP contribution is -2.07. The molecule has 17 heavy (non-hydrogen) atoms. The third kappa shape index (κ3) is 2.08. The zero-order valence-corrected chi connectivity index (χ0v) is 9.84. The van der Waals surface area contributed by atoms with E-state index in [1.807, 2.05) is 19.1 Å². The van der Waals surface area contributed by atoms with Crippen LogP contribution >= 0.6 is 0 Å². The molecule has 0 saturated carbocycles. The number of hydrogen-bond acceptors (Lipinski definition) is 4. The molecule has 0 spiro atoms. The van der Waals surface area contributed by atoms with Gasteiger partial charge in [0, 0.05) is 6.20 Å². The van der Waals surface area contributed by atoms with Crippen LogP contribution in [0.25, 0.3) is 5.65 Å². The third-order valence-electron chi connectivity index (χ3n) is 2.28. The van der Waals surface area contributed by atoms with Gasteiger partial charge in [-0.05, 0) is 26.0 Å². The fourth-order valence-electron chi connectivity index (χ4n) is 1.61. The molecule has 0 aliphatic heterocycles. The lowest BCUT2D eigenvalue weighted by Gasteiger charge is -2.05. The number of aromatic nitrogens is 2. The molecule has 0 aromatic carbocycles. The van der Waals surface area contributed by atoms with Crippen molar-refractivity contribution < 1.29 is 14.3 Å². The van der Waals surface area contributed by atoms with Gasteiger partial charge in [-0.15, -0.1) is 0 Å². The first kappa shape index (κ1) is 11.4. The monoisotopic (exact) mass is 234 g/mol. The number of carbonyl (C=O) groups excluding carboxylic acids is 1. The summed E-state index contributed by atoms with van der Waals surface area (Å²) in [5, 5.41) is 0. The van der Waals surface area contributed by atoms with Crippen LogP contribution in [0.3, 0.4) is 0 Å². The zero-order chi connectivity index (χ0) is 12.3. The van der Waals surface area contributed by atoms with E-state index in [-0.39, 0.29) is 5.97 Å². The van der Waals surface area contributed by atoms with Crippen LogP contribution in [0.15, 0.2) is 24.5 Å². The predicted octanol–water partition coefficient (Wildman–Crippen LogP) is 1.91. The van der Waals surface area contributed by atoms with Gasteiger partial charge < -0.3 is 9.47 Å². The molecule has 0 aliphatic rings. The minimum atomic E-state index is -0.381. The smallest absolute Gasteiger partial charge is 0.356 e. The molecule has 2 aromatic heterocycles. The molecule has 0 radical (unpaired) electrons. The van der Waals surface area contributed by atoms with E-state index in [9.17, 15) is 4.79 Å². The molecule has 0 aliphatic carbocycles. The zero-order valence-electron chi connectivity index (χ0n) is 9.84. The maximum absolute atomic E-state index is 11.7. The van der Waals surface area contributed by atoms with Crippen molar-refractivity contribution in [1.82, 2.24) is 9.38 Å². The average Bonchev–Trinajstić information content (AvgIpc) is 2.74. The standard InChI is InChI=1S/C12H14N2O3/c1-3-16-10-6-5-7-14-9(8-13-11(10)14)12(15)17-4-2/h5-8H,3-4H2,1-2H3. The second kappa shape index (κ2) is 4.86. The molecule has 0 amide bonds. The van der Waals surface area contributed by atoms with Crippen molar-refractivity contribution in [3.8, 4) is 5.75 Å². The first-order chi connectivity index (χ1) is 8.27. The van der Waals surface area contributed by atoms with Crippen LogP contribution in [0.5, 0.6) is 5.75 Å². The summed E-state index contributed by atoms with van der Waals surface area (Å²) >= 11 is 0. The number of nitrogens with zero attached hydrogens (tertiary/aromatic N) is 2. The van der Waals surface area contributed by atoms with Crippen LogP contribution in [-0.4, -0.2) is 28.6 Å². The van der Waals surface area contributed by atoms with Crippen LogP contribution in [-0.2, 0) is 4.74 Å². The second-order valence-electron chi connectivity index (χ2n) is 3.36. The van der Waals surface area contributed by atoms with Crippen LogP contribution in [0.2, 0.25) is 0 Å². The third-order valence-corrected chi connectivity index (χ3v) is 2.28. The van der Waals surface area contributed by atoms with E-state index in [0.29, 0.717) is 30.3 Å². The Labute approximate surface area is 99.0 Å². The van der Waals surface area contributed by atoms with Crippen molar-refractivity contribution in [2.45, 2.75) is 13.8 Å². The van der Waals surface area contributed by atoms with Crippen molar-refractivity contribution in [3.63, 3.8) is 0 Å². The summed E-state index contributed by atoms with van der Waals surface area (Å²) in [5.41, 5.74) is 1.03. The Morgan fingerprint density at radius 2 is 2.24 bits per heavy atom. The summed E-state index contributed by atoms with van der Waals surface area (Å²) in [4.78, 5) is 15.8. The number of fused-ring (bicyclic) bond motifs is 1. The van der Waals surface area contributed by atoms with Gasteiger partial charge in [0.25, 0.3) is 0 Å². The summed E-state index contributed by atoms with van der Waals surface area (Å²) < 4.78 is 12.1. The quantitative estimate of drug-likeness (QED) is 0.758. The fraction of sp³-hybridized carbons (Fsp3) is 0.333. The molecule has 0 unspecified atom stereocenters. The van der Waals surface area contributed by atoms with Crippen LogP contribution in [0, 0.1) is 0 Å². The van der Waals surface area contributed by atoms with Crippen LogP contribution < -0.4 is 4.74 Å². The molecule has 0 atom stereocenters. The molecule has 2 aromatic rings. The van der Waals surface area contributed by atoms with Gasteiger partial charge in [0.1, 0.15) is 0 Å². The Morgan fingerprint density at radius 3 is 2.94 bits per heavy atom. The van der Waals surface area contributed by atoms with E-state index in [2.05, 4.69) is 4.98 Å². The van der Waals surface area contributed by atoms with Gasteiger partial charge >= 0.3 is 5.97 Å². The minimum Gasteiger partial charge on any atom is -0.490 e. The van der Waals surface area contributed by atoms with Gasteiger partial charge in [-0.2, -0.15) is 0 Å². The summed E-state index contributed by atoms with van der Waals surface area (Å²) in [6, 6.07) is 3.63. The number of imidazole rings is 1. The van der Waals surface area contributed by atoms with Crippen molar-refractivity contribution in [3.05, 3.63) is 30.2 Å². The number of esters is 1. The highest BCUT2D eigenvalue weighted by molar-refractivity contribution is 5.88. The highest BCUT2D eigenvalue weighted by atomic mass is 16.5. The summed E-state index contributed by atoms with van der Waals surface area (Å²) in [6.07, 6.45) is 3.26. The lowest BCUT2D eigenvalue weighted by atomic mass is 10.4. The molecular weight excluding hydrogens is 220 g/mol. The molecule has 5 nitrogen and oxygen atoms in total. The summed E-state index contributed by atoms with van der Waals surface area (Å²) in [5.74, 6) is 0.277. The Kier molecular flexibility index (Phi) is 3.27. The van der Waals surface area contributed by atoms with E-state index in [1.54, 1.807) is 17.5 Å². The second-order valence-corrected chi connectivity index (χ2v) is 3.36. The molecule has 90 valence electrons. The Hall–Kier alpha value is -2.04. The SMILES string of the molecule is CCOC(=O)c1cnc2c(OCC)cccn12. The maximum Gasteiger partial charge on any atom is 0.356 e. The number of ether oxygens (including phenoxy) is 2. The lowest BCUT2D eigenvalue weighted by molar-refractivity contribution is 0.0518. The first-order valence-electron chi connectivity index (χ1n) is 5.54. The van der Waals surface area contributed by atoms with Gasteiger partial charge in [-0.1, -0.05) is 0 Å². The molecule has 2 heterocycles. The van der Waals surface area contributed by atoms with Crippen LogP contribution in [0.4, 0.5) is 0 Å². The molecule has 5 heteroatoms. The van der Waals surface area contributed by atoms with Gasteiger partial charge in [-0.25, -0.2) is 9.78 Å².